The molecule has 0 saturated carbocycles. The van der Waals surface area contributed by atoms with E-state index in [-0.39, 0.29) is 24.5 Å². The van der Waals surface area contributed by atoms with Crippen LogP contribution in [0.1, 0.15) is 29.7 Å². The zero-order valence-corrected chi connectivity index (χ0v) is 16.4. The fourth-order valence-corrected chi connectivity index (χ4v) is 3.53. The average Bonchev–Trinajstić information content (AvgIpc) is 2.93. The third-order valence-electron chi connectivity index (χ3n) is 4.70. The van der Waals surface area contributed by atoms with Crippen LogP contribution in [-0.2, 0) is 16.0 Å². The molecule has 0 bridgehead atoms. The number of rotatable bonds is 5. The molecule has 140 valence electrons. The minimum absolute atomic E-state index is 0.0158. The number of carbonyl (C=O) groups excluding carboxylic acids is 2. The summed E-state index contributed by atoms with van der Waals surface area (Å²) in [6, 6.07) is 13.7. The molecule has 1 amide bonds. The van der Waals surface area contributed by atoms with Crippen molar-refractivity contribution >= 4 is 33.4 Å². The van der Waals surface area contributed by atoms with E-state index >= 15 is 0 Å². The number of aryl methyl sites for hydroxylation is 1. The Bertz CT molecular complexity index is 887. The highest BCUT2D eigenvalue weighted by molar-refractivity contribution is 9.10. The van der Waals surface area contributed by atoms with E-state index in [4.69, 9.17) is 0 Å². The molecule has 1 unspecified atom stereocenters. The Morgan fingerprint density at radius 3 is 2.26 bits per heavy atom. The summed E-state index contributed by atoms with van der Waals surface area (Å²) in [5, 5.41) is 20.2. The maximum atomic E-state index is 12.7. The summed E-state index contributed by atoms with van der Waals surface area (Å²) in [5.41, 5.74) is 2.35. The molecular formula is C21H20BrNO4. The first-order valence-corrected chi connectivity index (χ1v) is 9.51. The van der Waals surface area contributed by atoms with Gasteiger partial charge in [0.1, 0.15) is 5.76 Å². The van der Waals surface area contributed by atoms with Gasteiger partial charge in [0, 0.05) is 16.6 Å². The number of aliphatic hydroxyl groups excluding tert-OH is 2. The van der Waals surface area contributed by atoms with Crippen molar-refractivity contribution in [2.24, 2.45) is 0 Å². The largest absolute Gasteiger partial charge is 0.507 e. The van der Waals surface area contributed by atoms with E-state index < -0.39 is 17.7 Å². The normalized spacial score (nSPS) is 18.9. The van der Waals surface area contributed by atoms with Crippen LogP contribution in [0.5, 0.6) is 0 Å². The Labute approximate surface area is 166 Å². The zero-order chi connectivity index (χ0) is 19.6. The van der Waals surface area contributed by atoms with Crippen LogP contribution in [0, 0.1) is 0 Å². The van der Waals surface area contributed by atoms with Gasteiger partial charge in [-0.2, -0.15) is 0 Å². The van der Waals surface area contributed by atoms with Gasteiger partial charge < -0.3 is 15.1 Å². The van der Waals surface area contributed by atoms with Gasteiger partial charge in [0.05, 0.1) is 18.2 Å². The summed E-state index contributed by atoms with van der Waals surface area (Å²) in [5.74, 6) is -1.67. The highest BCUT2D eigenvalue weighted by Gasteiger charge is 2.45. The molecule has 1 fully saturated rings. The number of likely N-dealkylation sites (tertiary alicyclic amines) is 1. The van der Waals surface area contributed by atoms with Crippen LogP contribution in [0.2, 0.25) is 0 Å². The molecule has 0 radical (unpaired) electrons. The van der Waals surface area contributed by atoms with Crippen molar-refractivity contribution in [2.75, 3.05) is 13.2 Å². The number of β-amino-alcohol motifs (C(OH)–C–C–N with tert-alkyl or cyclic N) is 1. The SMILES string of the molecule is CCc1ccc(C2/C(=C(/O)c3ccc(Br)cc3)C(=O)C(=O)N2CCO)cc1. The smallest absolute Gasteiger partial charge is 0.295 e. The lowest BCUT2D eigenvalue weighted by Gasteiger charge is -2.24. The van der Waals surface area contributed by atoms with Crippen LogP contribution < -0.4 is 0 Å². The predicted molar refractivity (Wildman–Crippen MR) is 106 cm³/mol. The molecule has 2 aromatic rings. The second-order valence-electron chi connectivity index (χ2n) is 6.32. The van der Waals surface area contributed by atoms with Gasteiger partial charge in [-0.05, 0) is 29.7 Å². The first kappa shape index (κ1) is 19.3. The second-order valence-corrected chi connectivity index (χ2v) is 7.23. The highest BCUT2D eigenvalue weighted by atomic mass is 79.9. The van der Waals surface area contributed by atoms with Crippen LogP contribution in [0.4, 0.5) is 0 Å². The van der Waals surface area contributed by atoms with Crippen molar-refractivity contribution in [3.63, 3.8) is 0 Å². The molecule has 1 heterocycles. The third-order valence-corrected chi connectivity index (χ3v) is 5.23. The van der Waals surface area contributed by atoms with Crippen LogP contribution in [0.25, 0.3) is 5.76 Å². The van der Waals surface area contributed by atoms with E-state index in [1.807, 2.05) is 31.2 Å². The number of amides is 1. The number of hydrogen-bond acceptors (Lipinski definition) is 4. The molecule has 0 aliphatic carbocycles. The van der Waals surface area contributed by atoms with Gasteiger partial charge in [0.2, 0.25) is 0 Å². The molecule has 2 N–H and O–H groups in total. The zero-order valence-electron chi connectivity index (χ0n) is 14.9. The fourth-order valence-electron chi connectivity index (χ4n) is 3.26. The summed E-state index contributed by atoms with van der Waals surface area (Å²) in [4.78, 5) is 26.5. The lowest BCUT2D eigenvalue weighted by atomic mass is 9.94. The first-order valence-electron chi connectivity index (χ1n) is 8.72. The van der Waals surface area contributed by atoms with Crippen molar-refractivity contribution in [1.29, 1.82) is 0 Å². The van der Waals surface area contributed by atoms with Crippen molar-refractivity contribution < 1.29 is 19.8 Å². The minimum Gasteiger partial charge on any atom is -0.507 e. The van der Waals surface area contributed by atoms with E-state index in [1.165, 1.54) is 4.90 Å². The Hall–Kier alpha value is -2.44. The predicted octanol–water partition coefficient (Wildman–Crippen LogP) is 3.43. The molecule has 0 aromatic heterocycles. The van der Waals surface area contributed by atoms with Gasteiger partial charge in [0.25, 0.3) is 11.7 Å². The Kier molecular flexibility index (Phi) is 5.77. The van der Waals surface area contributed by atoms with Crippen LogP contribution in [0.15, 0.2) is 58.6 Å². The van der Waals surface area contributed by atoms with Crippen LogP contribution in [-0.4, -0.2) is 40.0 Å². The van der Waals surface area contributed by atoms with Crippen LogP contribution in [0.3, 0.4) is 0 Å². The van der Waals surface area contributed by atoms with Gasteiger partial charge in [-0.25, -0.2) is 0 Å². The summed E-state index contributed by atoms with van der Waals surface area (Å²) < 4.78 is 0.839. The molecule has 2 aromatic carbocycles. The molecule has 6 heteroatoms. The van der Waals surface area contributed by atoms with Gasteiger partial charge in [-0.1, -0.05) is 59.3 Å². The van der Waals surface area contributed by atoms with E-state index in [2.05, 4.69) is 15.9 Å². The van der Waals surface area contributed by atoms with Crippen LogP contribution >= 0.6 is 15.9 Å². The van der Waals surface area contributed by atoms with E-state index in [0.29, 0.717) is 5.56 Å². The standard InChI is InChI=1S/C21H20BrNO4/c1-2-13-3-5-14(6-4-13)18-17(20(26)21(27)23(18)11-12-24)19(25)15-7-9-16(22)10-8-15/h3-10,18,24-25H,2,11-12H2,1H3/b19-17-. The number of carbonyl (C=O) groups is 2. The van der Waals surface area contributed by atoms with Gasteiger partial charge >= 0.3 is 0 Å². The molecule has 27 heavy (non-hydrogen) atoms. The molecule has 1 aliphatic rings. The summed E-state index contributed by atoms with van der Waals surface area (Å²) in [7, 11) is 0. The highest BCUT2D eigenvalue weighted by Crippen LogP contribution is 2.39. The van der Waals surface area contributed by atoms with Crippen molar-refractivity contribution in [2.45, 2.75) is 19.4 Å². The number of nitrogens with zero attached hydrogens (tertiary/aromatic N) is 1. The molecular weight excluding hydrogens is 410 g/mol. The maximum absolute atomic E-state index is 12.7. The van der Waals surface area contributed by atoms with E-state index in [9.17, 15) is 19.8 Å². The number of Topliss-reactive ketones (excluding diaryl/α,β-unsaturated/α-hetero) is 1. The summed E-state index contributed by atoms with van der Waals surface area (Å²) >= 11 is 3.34. The molecule has 0 spiro atoms. The molecule has 1 atom stereocenters. The van der Waals surface area contributed by atoms with Crippen molar-refractivity contribution in [1.82, 2.24) is 4.90 Å². The number of benzene rings is 2. The summed E-state index contributed by atoms with van der Waals surface area (Å²) in [6.07, 6.45) is 0.871. The van der Waals surface area contributed by atoms with Gasteiger partial charge in [-0.15, -0.1) is 0 Å². The Balaban J connectivity index is 2.15. The fraction of sp³-hybridized carbons (Fsp3) is 0.238. The third kappa shape index (κ3) is 3.68. The van der Waals surface area contributed by atoms with E-state index in [1.54, 1.807) is 24.3 Å². The van der Waals surface area contributed by atoms with Gasteiger partial charge in [-0.3, -0.25) is 9.59 Å². The Morgan fingerprint density at radius 1 is 1.07 bits per heavy atom. The molecule has 5 nitrogen and oxygen atoms in total. The first-order chi connectivity index (χ1) is 13.0. The topological polar surface area (TPSA) is 77.8 Å². The quantitative estimate of drug-likeness (QED) is 0.433. The van der Waals surface area contributed by atoms with Crippen molar-refractivity contribution in [3.8, 4) is 0 Å². The molecule has 1 aliphatic heterocycles. The molecule has 3 rings (SSSR count). The molecule has 1 saturated heterocycles. The lowest BCUT2D eigenvalue weighted by Crippen LogP contribution is -2.32. The number of halogens is 1. The van der Waals surface area contributed by atoms with Gasteiger partial charge in [0.15, 0.2) is 0 Å². The average molecular weight is 430 g/mol. The Morgan fingerprint density at radius 2 is 1.70 bits per heavy atom. The minimum atomic E-state index is -0.742. The number of ketones is 1. The second kappa shape index (κ2) is 8.06. The lowest BCUT2D eigenvalue weighted by molar-refractivity contribution is -0.140. The maximum Gasteiger partial charge on any atom is 0.295 e. The number of aliphatic hydroxyl groups is 2. The van der Waals surface area contributed by atoms with E-state index in [0.717, 1.165) is 22.0 Å². The van der Waals surface area contributed by atoms with Crippen molar-refractivity contribution in [3.05, 3.63) is 75.3 Å². The number of hydrogen-bond donors (Lipinski definition) is 2. The summed E-state index contributed by atoms with van der Waals surface area (Å²) in [6.45, 7) is 1.79. The monoisotopic (exact) mass is 429 g/mol.